The number of fused-ring (bicyclic) bond motifs is 1. The number of nitrogens with zero attached hydrogens (tertiary/aromatic N) is 2. The van der Waals surface area contributed by atoms with Crippen molar-refractivity contribution >= 4 is 34.8 Å². The molecule has 196 valence electrons. The molecular weight excluding hydrogens is 504 g/mol. The second-order valence-electron chi connectivity index (χ2n) is 10.1. The molecule has 0 fully saturated rings. The molecule has 2 heterocycles. The maximum absolute atomic E-state index is 13.8. The van der Waals surface area contributed by atoms with Gasteiger partial charge in [0.1, 0.15) is 18.9 Å². The van der Waals surface area contributed by atoms with E-state index in [1.165, 1.54) is 4.88 Å². The van der Waals surface area contributed by atoms with Crippen LogP contribution in [0.25, 0.3) is 0 Å². The van der Waals surface area contributed by atoms with Gasteiger partial charge in [0, 0.05) is 28.6 Å². The van der Waals surface area contributed by atoms with E-state index in [0.29, 0.717) is 36.2 Å². The summed E-state index contributed by atoms with van der Waals surface area (Å²) in [6.07, 6.45) is 1.65. The molecule has 1 aliphatic heterocycles. The van der Waals surface area contributed by atoms with Gasteiger partial charge in [-0.25, -0.2) is 0 Å². The standard InChI is InChI=1S/C30H35ClN2O3S/c1-20(2)11-14-32(30(35)23-7-5-21(3)6-8-23)18-29(34)33-15-12-28-25(13-16-37-28)27(33)19-36-24-9-10-26(31)22(4)17-24/h5-10,13,16-17,20,27H,11-12,14-15,18-19H2,1-4H3. The van der Waals surface area contributed by atoms with Gasteiger partial charge in [-0.3, -0.25) is 9.59 Å². The van der Waals surface area contributed by atoms with E-state index < -0.39 is 0 Å². The zero-order valence-corrected chi connectivity index (χ0v) is 23.6. The summed E-state index contributed by atoms with van der Waals surface area (Å²) >= 11 is 7.90. The smallest absolute Gasteiger partial charge is 0.254 e. The largest absolute Gasteiger partial charge is 0.491 e. The van der Waals surface area contributed by atoms with Crippen LogP contribution in [-0.2, 0) is 11.2 Å². The van der Waals surface area contributed by atoms with Gasteiger partial charge >= 0.3 is 0 Å². The first kappa shape index (κ1) is 27.2. The van der Waals surface area contributed by atoms with E-state index in [9.17, 15) is 9.59 Å². The van der Waals surface area contributed by atoms with E-state index in [1.54, 1.807) is 16.2 Å². The molecule has 0 saturated carbocycles. The maximum Gasteiger partial charge on any atom is 0.254 e. The lowest BCUT2D eigenvalue weighted by Crippen LogP contribution is -2.48. The number of thiophene rings is 1. The highest BCUT2D eigenvalue weighted by Gasteiger charge is 2.33. The fourth-order valence-electron chi connectivity index (χ4n) is 4.56. The number of rotatable bonds is 9. The quantitative estimate of drug-likeness (QED) is 0.304. The van der Waals surface area contributed by atoms with Gasteiger partial charge in [-0.15, -0.1) is 11.3 Å². The van der Waals surface area contributed by atoms with Gasteiger partial charge in [0.2, 0.25) is 5.91 Å². The van der Waals surface area contributed by atoms with E-state index >= 15 is 0 Å². The molecule has 3 aromatic rings. The number of benzene rings is 2. The van der Waals surface area contributed by atoms with Gasteiger partial charge < -0.3 is 14.5 Å². The minimum absolute atomic E-state index is 0.0510. The van der Waals surface area contributed by atoms with Crippen LogP contribution in [0.1, 0.15) is 58.2 Å². The van der Waals surface area contributed by atoms with Crippen molar-refractivity contribution in [3.63, 3.8) is 0 Å². The van der Waals surface area contributed by atoms with Crippen LogP contribution in [0.2, 0.25) is 5.02 Å². The molecule has 0 aliphatic carbocycles. The van der Waals surface area contributed by atoms with Crippen LogP contribution in [-0.4, -0.2) is 47.9 Å². The minimum Gasteiger partial charge on any atom is -0.491 e. The highest BCUT2D eigenvalue weighted by molar-refractivity contribution is 7.10. The molecular formula is C30H35ClN2O3S. The Bertz CT molecular complexity index is 1240. The Balaban J connectivity index is 1.53. The highest BCUT2D eigenvalue weighted by atomic mass is 35.5. The number of carbonyl (C=O) groups is 2. The van der Waals surface area contributed by atoms with Gasteiger partial charge in [-0.2, -0.15) is 0 Å². The summed E-state index contributed by atoms with van der Waals surface area (Å²) in [5, 5.41) is 2.77. The second kappa shape index (κ2) is 12.1. The summed E-state index contributed by atoms with van der Waals surface area (Å²) in [5.74, 6) is 0.995. The lowest BCUT2D eigenvalue weighted by molar-refractivity contribution is -0.135. The Morgan fingerprint density at radius 3 is 2.59 bits per heavy atom. The lowest BCUT2D eigenvalue weighted by atomic mass is 10.00. The summed E-state index contributed by atoms with van der Waals surface area (Å²) in [5.41, 5.74) is 3.79. The van der Waals surface area contributed by atoms with Crippen molar-refractivity contribution in [2.24, 2.45) is 5.92 Å². The van der Waals surface area contributed by atoms with Crippen LogP contribution in [0, 0.1) is 19.8 Å². The van der Waals surface area contributed by atoms with Crippen molar-refractivity contribution in [3.05, 3.63) is 86.1 Å². The summed E-state index contributed by atoms with van der Waals surface area (Å²) in [6, 6.07) is 15.0. The van der Waals surface area contributed by atoms with Crippen molar-refractivity contribution in [2.45, 2.75) is 46.6 Å². The molecule has 2 aromatic carbocycles. The van der Waals surface area contributed by atoms with Crippen molar-refractivity contribution in [1.29, 1.82) is 0 Å². The Morgan fingerprint density at radius 1 is 1.14 bits per heavy atom. The summed E-state index contributed by atoms with van der Waals surface area (Å²) in [6.45, 7) is 9.74. The first-order chi connectivity index (χ1) is 17.7. The Labute approximate surface area is 229 Å². The third-order valence-electron chi connectivity index (χ3n) is 6.84. The predicted molar refractivity (Wildman–Crippen MR) is 151 cm³/mol. The van der Waals surface area contributed by atoms with Gasteiger partial charge in [-0.1, -0.05) is 43.1 Å². The Morgan fingerprint density at radius 2 is 1.89 bits per heavy atom. The molecule has 2 amide bonds. The van der Waals surface area contributed by atoms with Crippen LogP contribution in [0.3, 0.4) is 0 Å². The van der Waals surface area contributed by atoms with Gasteiger partial charge in [-0.05, 0) is 85.5 Å². The number of halogens is 1. The number of aryl methyl sites for hydroxylation is 2. The van der Waals surface area contributed by atoms with Crippen molar-refractivity contribution in [3.8, 4) is 5.75 Å². The van der Waals surface area contributed by atoms with E-state index in [4.69, 9.17) is 16.3 Å². The summed E-state index contributed by atoms with van der Waals surface area (Å²) in [4.78, 5) is 32.1. The summed E-state index contributed by atoms with van der Waals surface area (Å²) < 4.78 is 6.17. The third-order valence-corrected chi connectivity index (χ3v) is 8.26. The van der Waals surface area contributed by atoms with Crippen LogP contribution in [0.15, 0.2) is 53.9 Å². The average Bonchev–Trinajstić information content (AvgIpc) is 3.36. The molecule has 0 N–H and O–H groups in total. The molecule has 1 unspecified atom stereocenters. The fourth-order valence-corrected chi connectivity index (χ4v) is 5.60. The van der Waals surface area contributed by atoms with Gasteiger partial charge in [0.25, 0.3) is 5.91 Å². The SMILES string of the molecule is Cc1ccc(C(=O)N(CCC(C)C)CC(=O)N2CCc3sccc3C2COc2ccc(Cl)c(C)c2)cc1. The van der Waals surface area contributed by atoms with Crippen LogP contribution < -0.4 is 4.74 Å². The second-order valence-corrected chi connectivity index (χ2v) is 11.6. The summed E-state index contributed by atoms with van der Waals surface area (Å²) in [7, 11) is 0. The van der Waals surface area contributed by atoms with E-state index in [-0.39, 0.29) is 24.4 Å². The average molecular weight is 539 g/mol. The van der Waals surface area contributed by atoms with E-state index in [0.717, 1.165) is 35.3 Å². The molecule has 4 rings (SSSR count). The number of hydrogen-bond donors (Lipinski definition) is 0. The predicted octanol–water partition coefficient (Wildman–Crippen LogP) is 6.71. The van der Waals surface area contributed by atoms with Crippen LogP contribution >= 0.6 is 22.9 Å². The molecule has 1 aromatic heterocycles. The molecule has 1 atom stereocenters. The van der Waals surface area contributed by atoms with Crippen molar-refractivity contribution < 1.29 is 14.3 Å². The maximum atomic E-state index is 13.8. The molecule has 1 aliphatic rings. The molecule has 7 heteroatoms. The van der Waals surface area contributed by atoms with Crippen molar-refractivity contribution in [2.75, 3.05) is 26.2 Å². The van der Waals surface area contributed by atoms with E-state index in [2.05, 4.69) is 25.3 Å². The number of amides is 2. The third kappa shape index (κ3) is 6.74. The Hall–Kier alpha value is -2.83. The van der Waals surface area contributed by atoms with Gasteiger partial charge in [0.15, 0.2) is 0 Å². The number of carbonyl (C=O) groups excluding carboxylic acids is 2. The lowest BCUT2D eigenvalue weighted by Gasteiger charge is -2.37. The zero-order chi connectivity index (χ0) is 26.5. The minimum atomic E-state index is -0.208. The normalized spacial score (nSPS) is 15.0. The molecule has 37 heavy (non-hydrogen) atoms. The van der Waals surface area contributed by atoms with Gasteiger partial charge in [0.05, 0.1) is 6.04 Å². The first-order valence-corrected chi connectivity index (χ1v) is 14.1. The van der Waals surface area contributed by atoms with Crippen LogP contribution in [0.4, 0.5) is 0 Å². The highest BCUT2D eigenvalue weighted by Crippen LogP contribution is 2.34. The number of hydrogen-bond acceptors (Lipinski definition) is 4. The van der Waals surface area contributed by atoms with Crippen molar-refractivity contribution in [1.82, 2.24) is 9.80 Å². The number of ether oxygens (including phenoxy) is 1. The zero-order valence-electron chi connectivity index (χ0n) is 22.0. The monoisotopic (exact) mass is 538 g/mol. The fraction of sp³-hybridized carbons (Fsp3) is 0.400. The Kier molecular flexibility index (Phi) is 8.93. The molecule has 0 bridgehead atoms. The molecule has 5 nitrogen and oxygen atoms in total. The molecule has 0 saturated heterocycles. The molecule has 0 radical (unpaired) electrons. The van der Waals surface area contributed by atoms with E-state index in [1.807, 2.05) is 61.2 Å². The first-order valence-electron chi connectivity index (χ1n) is 12.8. The van der Waals surface area contributed by atoms with Crippen LogP contribution in [0.5, 0.6) is 5.75 Å². The molecule has 0 spiro atoms. The topological polar surface area (TPSA) is 49.9 Å².